The summed E-state index contributed by atoms with van der Waals surface area (Å²) in [6.45, 7) is 6.66. The van der Waals surface area contributed by atoms with Crippen molar-refractivity contribution in [1.29, 1.82) is 0 Å². The molecule has 17 heavy (non-hydrogen) atoms. The Morgan fingerprint density at radius 2 is 2.06 bits per heavy atom. The second-order valence-electron chi connectivity index (χ2n) is 4.32. The Morgan fingerprint density at radius 3 is 2.71 bits per heavy atom. The number of rotatable bonds is 11. The first-order chi connectivity index (χ1) is 8.16. The predicted octanol–water partition coefficient (Wildman–Crippen LogP) is 0.691. The van der Waals surface area contributed by atoms with Crippen molar-refractivity contribution in [2.45, 2.75) is 33.1 Å². The molecule has 2 N–H and O–H groups in total. The van der Waals surface area contributed by atoms with E-state index < -0.39 is 0 Å². The van der Waals surface area contributed by atoms with Crippen LogP contribution in [0.3, 0.4) is 0 Å². The van der Waals surface area contributed by atoms with Gasteiger partial charge in [-0.3, -0.25) is 9.59 Å². The molecule has 0 atom stereocenters. The number of carbonyl (C=O) groups is 2. The second kappa shape index (κ2) is 11.4. The maximum Gasteiger partial charge on any atom is 0.222 e. The molecule has 0 aromatic rings. The first kappa shape index (κ1) is 15.9. The number of amides is 2. The van der Waals surface area contributed by atoms with Crippen LogP contribution in [-0.4, -0.2) is 38.6 Å². The average Bonchev–Trinajstić information content (AvgIpc) is 2.28. The van der Waals surface area contributed by atoms with Gasteiger partial charge in [0.05, 0.1) is 6.61 Å². The molecule has 100 valence electrons. The lowest BCUT2D eigenvalue weighted by Crippen LogP contribution is -2.27. The topological polar surface area (TPSA) is 67.4 Å². The zero-order valence-corrected chi connectivity index (χ0v) is 10.8. The van der Waals surface area contributed by atoms with Gasteiger partial charge in [-0.2, -0.15) is 0 Å². The van der Waals surface area contributed by atoms with Crippen molar-refractivity contribution in [2.75, 3.05) is 26.3 Å². The summed E-state index contributed by atoms with van der Waals surface area (Å²) < 4.78 is 5.34. The molecule has 5 nitrogen and oxygen atoms in total. The Hall–Kier alpha value is -1.10. The summed E-state index contributed by atoms with van der Waals surface area (Å²) in [5.74, 6) is 0.634. The van der Waals surface area contributed by atoms with Crippen molar-refractivity contribution in [3.05, 3.63) is 0 Å². The van der Waals surface area contributed by atoms with Gasteiger partial charge >= 0.3 is 0 Å². The molecule has 0 saturated heterocycles. The van der Waals surface area contributed by atoms with Gasteiger partial charge in [0, 0.05) is 26.1 Å². The van der Waals surface area contributed by atoms with Crippen LogP contribution in [0.4, 0.5) is 0 Å². The van der Waals surface area contributed by atoms with Crippen LogP contribution in [-0.2, 0) is 14.3 Å². The standard InChI is InChI=1S/C12H24N2O3/c1-11(2)4-8-17-9-5-12(16)14-7-3-6-13-10-15/h10-11H,3-9H2,1-2H3,(H,13,15)(H,14,16). The normalized spacial score (nSPS) is 10.3. The summed E-state index contributed by atoms with van der Waals surface area (Å²) in [6.07, 6.45) is 2.83. The third-order valence-corrected chi connectivity index (χ3v) is 2.22. The van der Waals surface area contributed by atoms with Gasteiger partial charge in [-0.05, 0) is 18.8 Å². The molecule has 0 radical (unpaired) electrons. The van der Waals surface area contributed by atoms with E-state index in [2.05, 4.69) is 24.5 Å². The molecule has 0 heterocycles. The lowest BCUT2D eigenvalue weighted by Gasteiger charge is -2.07. The van der Waals surface area contributed by atoms with Crippen LogP contribution in [0.15, 0.2) is 0 Å². The summed E-state index contributed by atoms with van der Waals surface area (Å²) in [7, 11) is 0. The van der Waals surface area contributed by atoms with E-state index in [1.165, 1.54) is 0 Å². The number of ether oxygens (including phenoxy) is 1. The Balaban J connectivity index is 3.20. The fraction of sp³-hybridized carbons (Fsp3) is 0.833. The Morgan fingerprint density at radius 1 is 1.29 bits per heavy atom. The zero-order valence-electron chi connectivity index (χ0n) is 10.8. The van der Waals surface area contributed by atoms with Crippen molar-refractivity contribution in [1.82, 2.24) is 10.6 Å². The number of carbonyl (C=O) groups excluding carboxylic acids is 2. The van der Waals surface area contributed by atoms with Gasteiger partial charge in [-0.15, -0.1) is 0 Å². The lowest BCUT2D eigenvalue weighted by molar-refractivity contribution is -0.122. The predicted molar refractivity (Wildman–Crippen MR) is 66.6 cm³/mol. The first-order valence-corrected chi connectivity index (χ1v) is 6.18. The molecule has 0 aliphatic rings. The SMILES string of the molecule is CC(C)CCOCCC(=O)NCCCNC=O. The van der Waals surface area contributed by atoms with Crippen molar-refractivity contribution < 1.29 is 14.3 Å². The van der Waals surface area contributed by atoms with E-state index >= 15 is 0 Å². The molecular weight excluding hydrogens is 220 g/mol. The molecule has 0 unspecified atom stereocenters. The summed E-state index contributed by atoms with van der Waals surface area (Å²) in [5.41, 5.74) is 0. The maximum absolute atomic E-state index is 11.3. The van der Waals surface area contributed by atoms with Gasteiger partial charge in [0.15, 0.2) is 0 Å². The summed E-state index contributed by atoms with van der Waals surface area (Å²) in [6, 6.07) is 0. The van der Waals surface area contributed by atoms with E-state index in [-0.39, 0.29) is 5.91 Å². The fourth-order valence-electron chi connectivity index (χ4n) is 1.15. The molecule has 2 amide bonds. The zero-order chi connectivity index (χ0) is 12.9. The van der Waals surface area contributed by atoms with E-state index in [0.717, 1.165) is 12.8 Å². The summed E-state index contributed by atoms with van der Waals surface area (Å²) in [5, 5.41) is 5.30. The fourth-order valence-corrected chi connectivity index (χ4v) is 1.15. The van der Waals surface area contributed by atoms with Crippen molar-refractivity contribution in [3.63, 3.8) is 0 Å². The summed E-state index contributed by atoms with van der Waals surface area (Å²) in [4.78, 5) is 21.2. The molecule has 0 bridgehead atoms. The molecule has 0 aromatic heterocycles. The Labute approximate surface area is 103 Å². The van der Waals surface area contributed by atoms with Gasteiger partial charge in [-0.1, -0.05) is 13.8 Å². The van der Waals surface area contributed by atoms with E-state index in [1.54, 1.807) is 0 Å². The van der Waals surface area contributed by atoms with Gasteiger partial charge in [-0.25, -0.2) is 0 Å². The maximum atomic E-state index is 11.3. The average molecular weight is 244 g/mol. The Kier molecular flexibility index (Phi) is 10.7. The molecule has 0 fully saturated rings. The van der Waals surface area contributed by atoms with Gasteiger partial charge < -0.3 is 15.4 Å². The van der Waals surface area contributed by atoms with Crippen molar-refractivity contribution >= 4 is 12.3 Å². The van der Waals surface area contributed by atoms with E-state index in [9.17, 15) is 9.59 Å². The van der Waals surface area contributed by atoms with Crippen LogP contribution in [0.1, 0.15) is 33.1 Å². The van der Waals surface area contributed by atoms with Crippen LogP contribution in [0, 0.1) is 5.92 Å². The minimum absolute atomic E-state index is 0.000602. The van der Waals surface area contributed by atoms with Crippen LogP contribution >= 0.6 is 0 Å². The highest BCUT2D eigenvalue weighted by molar-refractivity contribution is 5.75. The highest BCUT2D eigenvalue weighted by atomic mass is 16.5. The van der Waals surface area contributed by atoms with Crippen LogP contribution in [0.2, 0.25) is 0 Å². The quantitative estimate of drug-likeness (QED) is 0.415. The van der Waals surface area contributed by atoms with Crippen LogP contribution < -0.4 is 10.6 Å². The third-order valence-electron chi connectivity index (χ3n) is 2.22. The molecule has 0 aromatic carbocycles. The highest BCUT2D eigenvalue weighted by Crippen LogP contribution is 1.98. The van der Waals surface area contributed by atoms with E-state index in [1.807, 2.05) is 0 Å². The Bertz CT molecular complexity index is 208. The van der Waals surface area contributed by atoms with Crippen molar-refractivity contribution in [3.8, 4) is 0 Å². The van der Waals surface area contributed by atoms with Gasteiger partial charge in [0.25, 0.3) is 0 Å². The van der Waals surface area contributed by atoms with E-state index in [0.29, 0.717) is 45.1 Å². The van der Waals surface area contributed by atoms with Gasteiger partial charge in [0.1, 0.15) is 0 Å². The number of hydrogen-bond acceptors (Lipinski definition) is 3. The largest absolute Gasteiger partial charge is 0.381 e. The molecule has 0 spiro atoms. The minimum atomic E-state index is 0.000602. The number of nitrogens with one attached hydrogen (secondary N) is 2. The lowest BCUT2D eigenvalue weighted by atomic mass is 10.1. The van der Waals surface area contributed by atoms with E-state index in [4.69, 9.17) is 4.74 Å². The highest BCUT2D eigenvalue weighted by Gasteiger charge is 2.00. The monoisotopic (exact) mass is 244 g/mol. The molecule has 0 rings (SSSR count). The van der Waals surface area contributed by atoms with Crippen LogP contribution in [0.25, 0.3) is 0 Å². The van der Waals surface area contributed by atoms with Gasteiger partial charge in [0.2, 0.25) is 12.3 Å². The summed E-state index contributed by atoms with van der Waals surface area (Å²) >= 11 is 0. The first-order valence-electron chi connectivity index (χ1n) is 6.18. The van der Waals surface area contributed by atoms with Crippen LogP contribution in [0.5, 0.6) is 0 Å². The molecular formula is C12H24N2O3. The molecule has 0 saturated carbocycles. The smallest absolute Gasteiger partial charge is 0.222 e. The third kappa shape index (κ3) is 12.8. The molecule has 5 heteroatoms. The molecule has 0 aliphatic heterocycles. The second-order valence-corrected chi connectivity index (χ2v) is 4.32. The minimum Gasteiger partial charge on any atom is -0.381 e. The van der Waals surface area contributed by atoms with Crippen molar-refractivity contribution in [2.24, 2.45) is 5.92 Å². The molecule has 0 aliphatic carbocycles. The number of hydrogen-bond donors (Lipinski definition) is 2.